The molecule has 9 nitrogen and oxygen atoms in total. The Morgan fingerprint density at radius 3 is 2.61 bits per heavy atom. The van der Waals surface area contributed by atoms with E-state index in [0.717, 1.165) is 35.3 Å². The van der Waals surface area contributed by atoms with Gasteiger partial charge in [0.2, 0.25) is 11.0 Å². The Morgan fingerprint density at radius 2 is 2.00 bits per heavy atom. The Hall–Kier alpha value is -3.23. The molecular formula is C22H25N7O2S2. The van der Waals surface area contributed by atoms with Crippen LogP contribution in [0.3, 0.4) is 0 Å². The lowest BCUT2D eigenvalue weighted by Gasteiger charge is -2.14. The highest BCUT2D eigenvalue weighted by molar-refractivity contribution is 8.00. The van der Waals surface area contributed by atoms with Gasteiger partial charge >= 0.3 is 0 Å². The minimum Gasteiger partial charge on any atom is -0.378 e. The summed E-state index contributed by atoms with van der Waals surface area (Å²) in [6, 6.07) is 9.37. The molecule has 0 aliphatic carbocycles. The SMILES string of the molecule is CCCc1nnc(NC(=O)C(CC)Sc2nc(-c3ccc(N(C)C)cc3)c(C#N)c(=O)[nH]2)s1. The number of rotatable bonds is 9. The summed E-state index contributed by atoms with van der Waals surface area (Å²) in [7, 11) is 3.86. The Balaban J connectivity index is 1.84. The summed E-state index contributed by atoms with van der Waals surface area (Å²) in [5.41, 5.74) is 1.33. The van der Waals surface area contributed by atoms with E-state index in [1.807, 2.05) is 56.3 Å². The van der Waals surface area contributed by atoms with Crippen LogP contribution in [-0.4, -0.2) is 45.4 Å². The highest BCUT2D eigenvalue weighted by atomic mass is 32.2. The number of nitrogens with zero attached hydrogens (tertiary/aromatic N) is 5. The van der Waals surface area contributed by atoms with E-state index >= 15 is 0 Å². The number of benzene rings is 1. The molecule has 0 saturated carbocycles. The Morgan fingerprint density at radius 1 is 1.27 bits per heavy atom. The molecule has 33 heavy (non-hydrogen) atoms. The number of carbonyl (C=O) groups is 1. The van der Waals surface area contributed by atoms with Crippen LogP contribution in [0, 0.1) is 11.3 Å². The van der Waals surface area contributed by atoms with Crippen LogP contribution in [0.25, 0.3) is 11.3 Å². The molecule has 3 rings (SSSR count). The number of thioether (sulfide) groups is 1. The summed E-state index contributed by atoms with van der Waals surface area (Å²) in [5.74, 6) is -0.245. The standard InChI is InChI=1S/C22H25N7O2S2/c1-5-7-17-27-28-22(33-17)26-20(31)16(6-2)32-21-24-18(15(12-23)19(30)25-21)13-8-10-14(11-9-13)29(3)4/h8-11,16H,5-7H2,1-4H3,(H,24,25,30)(H,26,28,31). The Labute approximate surface area is 200 Å². The van der Waals surface area contributed by atoms with Crippen molar-refractivity contribution in [1.82, 2.24) is 20.2 Å². The number of anilines is 2. The van der Waals surface area contributed by atoms with Crippen molar-refractivity contribution in [3.8, 4) is 17.3 Å². The van der Waals surface area contributed by atoms with Crippen molar-refractivity contribution in [2.75, 3.05) is 24.3 Å². The summed E-state index contributed by atoms with van der Waals surface area (Å²) < 4.78 is 0. The largest absolute Gasteiger partial charge is 0.378 e. The van der Waals surface area contributed by atoms with Crippen molar-refractivity contribution in [1.29, 1.82) is 5.26 Å². The molecule has 11 heteroatoms. The number of aromatic nitrogens is 4. The number of hydrogen-bond donors (Lipinski definition) is 2. The van der Waals surface area contributed by atoms with Gasteiger partial charge in [0.1, 0.15) is 16.6 Å². The summed E-state index contributed by atoms with van der Waals surface area (Å²) in [6.45, 7) is 3.93. The van der Waals surface area contributed by atoms with Crippen LogP contribution in [-0.2, 0) is 11.2 Å². The number of carbonyl (C=O) groups excluding carboxylic acids is 1. The molecule has 0 spiro atoms. The molecule has 1 unspecified atom stereocenters. The maximum Gasteiger partial charge on any atom is 0.270 e. The monoisotopic (exact) mass is 483 g/mol. The first-order valence-electron chi connectivity index (χ1n) is 10.5. The highest BCUT2D eigenvalue weighted by Crippen LogP contribution is 2.28. The second-order valence-electron chi connectivity index (χ2n) is 7.40. The molecule has 0 aliphatic rings. The van der Waals surface area contributed by atoms with Gasteiger partial charge in [-0.1, -0.05) is 49.1 Å². The van der Waals surface area contributed by atoms with Crippen LogP contribution in [0.15, 0.2) is 34.2 Å². The van der Waals surface area contributed by atoms with Gasteiger partial charge in [-0.2, -0.15) is 5.26 Å². The third kappa shape index (κ3) is 5.97. The normalized spacial score (nSPS) is 11.6. The van der Waals surface area contributed by atoms with Crippen LogP contribution in [0.1, 0.15) is 37.3 Å². The molecule has 2 heterocycles. The molecule has 3 aromatic rings. The predicted octanol–water partition coefficient (Wildman–Crippen LogP) is 3.69. The van der Waals surface area contributed by atoms with Gasteiger partial charge in [0.05, 0.1) is 10.9 Å². The first-order valence-corrected chi connectivity index (χ1v) is 12.2. The lowest BCUT2D eigenvalue weighted by Crippen LogP contribution is -2.25. The Kier molecular flexibility index (Phi) is 8.19. The molecule has 0 aliphatic heterocycles. The third-order valence-electron chi connectivity index (χ3n) is 4.74. The topological polar surface area (TPSA) is 128 Å². The summed E-state index contributed by atoms with van der Waals surface area (Å²) in [4.78, 5) is 34.5. The van der Waals surface area contributed by atoms with Gasteiger partial charge in [-0.25, -0.2) is 4.98 Å². The molecule has 1 atom stereocenters. The van der Waals surface area contributed by atoms with E-state index in [1.165, 1.54) is 11.3 Å². The molecular weight excluding hydrogens is 458 g/mol. The van der Waals surface area contributed by atoms with Crippen molar-refractivity contribution in [3.05, 3.63) is 45.2 Å². The van der Waals surface area contributed by atoms with Crippen molar-refractivity contribution in [3.63, 3.8) is 0 Å². The number of hydrogen-bond acceptors (Lipinski definition) is 9. The Bertz CT molecular complexity index is 1210. The van der Waals surface area contributed by atoms with E-state index in [0.29, 0.717) is 17.1 Å². The zero-order valence-corrected chi connectivity index (χ0v) is 20.5. The first-order chi connectivity index (χ1) is 15.9. The predicted molar refractivity (Wildman–Crippen MR) is 132 cm³/mol. The second-order valence-corrected chi connectivity index (χ2v) is 9.66. The molecule has 1 amide bonds. The molecule has 0 saturated heterocycles. The van der Waals surface area contributed by atoms with Crippen LogP contribution in [0.2, 0.25) is 0 Å². The fourth-order valence-electron chi connectivity index (χ4n) is 3.00. The number of aryl methyl sites for hydroxylation is 1. The zero-order chi connectivity index (χ0) is 24.0. The number of aromatic amines is 1. The number of H-pyrrole nitrogens is 1. The summed E-state index contributed by atoms with van der Waals surface area (Å²) >= 11 is 2.50. The van der Waals surface area contributed by atoms with Gasteiger partial charge < -0.3 is 9.88 Å². The van der Waals surface area contributed by atoms with E-state index < -0.39 is 10.8 Å². The smallest absolute Gasteiger partial charge is 0.270 e. The molecule has 0 radical (unpaired) electrons. The van der Waals surface area contributed by atoms with Crippen molar-refractivity contribution in [2.24, 2.45) is 0 Å². The highest BCUT2D eigenvalue weighted by Gasteiger charge is 2.22. The van der Waals surface area contributed by atoms with Gasteiger partial charge in [0, 0.05) is 31.8 Å². The van der Waals surface area contributed by atoms with E-state index in [4.69, 9.17) is 0 Å². The van der Waals surface area contributed by atoms with Gasteiger partial charge in [-0.3, -0.25) is 14.9 Å². The molecule has 1 aromatic carbocycles. The molecule has 0 bridgehead atoms. The fourth-order valence-corrected chi connectivity index (χ4v) is 4.74. The lowest BCUT2D eigenvalue weighted by atomic mass is 10.1. The third-order valence-corrected chi connectivity index (χ3v) is 6.89. The minimum absolute atomic E-state index is 0.0632. The quantitative estimate of drug-likeness (QED) is 0.348. The zero-order valence-electron chi connectivity index (χ0n) is 18.9. The van der Waals surface area contributed by atoms with Crippen LogP contribution >= 0.6 is 23.1 Å². The van der Waals surface area contributed by atoms with Crippen LogP contribution in [0.4, 0.5) is 10.8 Å². The summed E-state index contributed by atoms with van der Waals surface area (Å²) in [5, 5.41) is 21.5. The van der Waals surface area contributed by atoms with E-state index in [9.17, 15) is 14.9 Å². The van der Waals surface area contributed by atoms with Gasteiger partial charge in [-0.05, 0) is 25.0 Å². The molecule has 0 fully saturated rings. The first kappa shape index (κ1) is 24.4. The van der Waals surface area contributed by atoms with Crippen LogP contribution < -0.4 is 15.8 Å². The van der Waals surface area contributed by atoms with Crippen molar-refractivity contribution < 1.29 is 4.79 Å². The van der Waals surface area contributed by atoms with Crippen LogP contribution in [0.5, 0.6) is 0 Å². The van der Waals surface area contributed by atoms with E-state index in [2.05, 4.69) is 32.4 Å². The lowest BCUT2D eigenvalue weighted by molar-refractivity contribution is -0.115. The second kappa shape index (κ2) is 11.1. The molecule has 172 valence electrons. The van der Waals surface area contributed by atoms with Gasteiger partial charge in [0.15, 0.2) is 5.16 Å². The maximum atomic E-state index is 12.8. The number of nitrogens with one attached hydrogen (secondary N) is 2. The number of nitriles is 1. The van der Waals surface area contributed by atoms with Gasteiger partial charge in [0.25, 0.3) is 5.56 Å². The number of amides is 1. The van der Waals surface area contributed by atoms with Crippen molar-refractivity contribution in [2.45, 2.75) is 43.5 Å². The average molecular weight is 484 g/mol. The van der Waals surface area contributed by atoms with E-state index in [-0.39, 0.29) is 22.3 Å². The summed E-state index contributed by atoms with van der Waals surface area (Å²) in [6.07, 6.45) is 2.27. The molecule has 2 N–H and O–H groups in total. The van der Waals surface area contributed by atoms with E-state index in [1.54, 1.807) is 0 Å². The maximum absolute atomic E-state index is 12.8. The minimum atomic E-state index is -0.537. The molecule has 2 aromatic heterocycles. The average Bonchev–Trinajstić information content (AvgIpc) is 3.24. The fraction of sp³-hybridized carbons (Fsp3) is 0.364. The van der Waals surface area contributed by atoms with Crippen molar-refractivity contribution >= 4 is 39.8 Å². The van der Waals surface area contributed by atoms with Gasteiger partial charge in [-0.15, -0.1) is 10.2 Å².